The van der Waals surface area contributed by atoms with Crippen molar-refractivity contribution < 1.29 is 10.2 Å². The zero-order valence-corrected chi connectivity index (χ0v) is 14.8. The number of nitrogens with zero attached hydrogens (tertiary/aromatic N) is 3. The maximum atomic E-state index is 9.34. The van der Waals surface area contributed by atoms with Gasteiger partial charge < -0.3 is 15.1 Å². The number of anilines is 1. The Labute approximate surface area is 149 Å². The van der Waals surface area contributed by atoms with E-state index in [-0.39, 0.29) is 13.2 Å². The van der Waals surface area contributed by atoms with E-state index >= 15 is 0 Å². The van der Waals surface area contributed by atoms with Gasteiger partial charge >= 0.3 is 0 Å². The standard InChI is InChI=1S/C17H18ClN3O2S/c1-11-14(12-2-4-13(18)5-3-12)15-16(19-10-20-17(15)24-11)21(6-8-22)7-9-23/h2-5,10,22-23H,6-9H2,1H3. The molecular weight excluding hydrogens is 346 g/mol. The van der Waals surface area contributed by atoms with E-state index in [2.05, 4.69) is 16.9 Å². The Bertz CT molecular complexity index is 830. The molecule has 0 saturated carbocycles. The lowest BCUT2D eigenvalue weighted by molar-refractivity contribution is 0.281. The van der Waals surface area contributed by atoms with Gasteiger partial charge in [0.25, 0.3) is 0 Å². The largest absolute Gasteiger partial charge is 0.395 e. The molecule has 5 nitrogen and oxygen atoms in total. The number of aliphatic hydroxyl groups excluding tert-OH is 2. The fraction of sp³-hybridized carbons (Fsp3) is 0.294. The fourth-order valence-corrected chi connectivity index (χ4v) is 3.93. The third-order valence-corrected chi connectivity index (χ3v) is 5.08. The third kappa shape index (κ3) is 3.23. The number of benzene rings is 1. The topological polar surface area (TPSA) is 69.5 Å². The number of hydrogen-bond donors (Lipinski definition) is 2. The summed E-state index contributed by atoms with van der Waals surface area (Å²) in [5.41, 5.74) is 2.12. The van der Waals surface area contributed by atoms with Crippen molar-refractivity contribution in [2.75, 3.05) is 31.2 Å². The molecule has 3 rings (SSSR count). The molecule has 126 valence electrons. The molecule has 0 radical (unpaired) electrons. The number of aliphatic hydroxyl groups is 2. The second-order valence-electron chi connectivity index (χ2n) is 5.35. The molecule has 0 aliphatic carbocycles. The van der Waals surface area contributed by atoms with Crippen LogP contribution in [0.25, 0.3) is 21.3 Å². The summed E-state index contributed by atoms with van der Waals surface area (Å²) >= 11 is 7.62. The first kappa shape index (κ1) is 17.1. The summed E-state index contributed by atoms with van der Waals surface area (Å²) in [6.07, 6.45) is 1.53. The van der Waals surface area contributed by atoms with Crippen molar-refractivity contribution in [3.05, 3.63) is 40.5 Å². The van der Waals surface area contributed by atoms with Crippen LogP contribution in [-0.4, -0.2) is 46.5 Å². The Morgan fingerprint density at radius 2 is 1.75 bits per heavy atom. The van der Waals surface area contributed by atoms with E-state index in [0.717, 1.165) is 32.0 Å². The second-order valence-corrected chi connectivity index (χ2v) is 6.99. The van der Waals surface area contributed by atoms with E-state index in [1.165, 1.54) is 6.33 Å². The van der Waals surface area contributed by atoms with Gasteiger partial charge in [-0.2, -0.15) is 0 Å². The molecule has 0 saturated heterocycles. The summed E-state index contributed by atoms with van der Waals surface area (Å²) in [6, 6.07) is 7.69. The average molecular weight is 364 g/mol. The number of hydrogen-bond acceptors (Lipinski definition) is 6. The van der Waals surface area contributed by atoms with Crippen LogP contribution in [0.2, 0.25) is 5.02 Å². The van der Waals surface area contributed by atoms with Crippen molar-refractivity contribution in [1.29, 1.82) is 0 Å². The summed E-state index contributed by atoms with van der Waals surface area (Å²) in [5, 5.41) is 20.3. The Hall–Kier alpha value is -1.73. The molecular formula is C17H18ClN3O2S. The summed E-state index contributed by atoms with van der Waals surface area (Å²) in [7, 11) is 0. The van der Waals surface area contributed by atoms with Crippen LogP contribution in [0, 0.1) is 6.92 Å². The molecule has 0 amide bonds. The summed E-state index contributed by atoms with van der Waals surface area (Å²) < 4.78 is 0. The first-order valence-corrected chi connectivity index (χ1v) is 8.82. The van der Waals surface area contributed by atoms with Crippen LogP contribution in [0.4, 0.5) is 5.82 Å². The minimum Gasteiger partial charge on any atom is -0.395 e. The van der Waals surface area contributed by atoms with Crippen LogP contribution < -0.4 is 4.90 Å². The van der Waals surface area contributed by atoms with Gasteiger partial charge in [-0.15, -0.1) is 11.3 Å². The first-order chi connectivity index (χ1) is 11.7. The molecule has 0 aliphatic heterocycles. The van der Waals surface area contributed by atoms with Crippen molar-refractivity contribution in [3.8, 4) is 11.1 Å². The third-order valence-electron chi connectivity index (χ3n) is 3.82. The van der Waals surface area contributed by atoms with E-state index < -0.39 is 0 Å². The highest BCUT2D eigenvalue weighted by Gasteiger charge is 2.20. The van der Waals surface area contributed by atoms with E-state index in [0.29, 0.717) is 18.1 Å². The lowest BCUT2D eigenvalue weighted by atomic mass is 10.0. The first-order valence-electron chi connectivity index (χ1n) is 7.62. The molecule has 0 aliphatic rings. The van der Waals surface area contributed by atoms with Crippen molar-refractivity contribution in [2.24, 2.45) is 0 Å². The van der Waals surface area contributed by atoms with Gasteiger partial charge in [-0.05, 0) is 24.6 Å². The summed E-state index contributed by atoms with van der Waals surface area (Å²) in [5.74, 6) is 0.734. The van der Waals surface area contributed by atoms with Crippen molar-refractivity contribution in [2.45, 2.75) is 6.92 Å². The van der Waals surface area contributed by atoms with Gasteiger partial charge in [0, 0.05) is 28.6 Å². The monoisotopic (exact) mass is 363 g/mol. The van der Waals surface area contributed by atoms with Crippen LogP contribution in [-0.2, 0) is 0 Å². The molecule has 2 N–H and O–H groups in total. The Kier molecular flexibility index (Phi) is 5.30. The van der Waals surface area contributed by atoms with Crippen LogP contribution in [0.5, 0.6) is 0 Å². The lowest BCUT2D eigenvalue weighted by Gasteiger charge is -2.22. The van der Waals surface area contributed by atoms with Crippen LogP contribution in [0.1, 0.15) is 4.88 Å². The molecule has 0 bridgehead atoms. The molecule has 7 heteroatoms. The fourth-order valence-electron chi connectivity index (χ4n) is 2.80. The van der Waals surface area contributed by atoms with Gasteiger partial charge in [-0.25, -0.2) is 9.97 Å². The van der Waals surface area contributed by atoms with Gasteiger partial charge in [0.15, 0.2) is 0 Å². The maximum Gasteiger partial charge on any atom is 0.141 e. The summed E-state index contributed by atoms with van der Waals surface area (Å²) in [6.45, 7) is 2.85. The molecule has 0 unspecified atom stereocenters. The summed E-state index contributed by atoms with van der Waals surface area (Å²) in [4.78, 5) is 12.8. The zero-order valence-electron chi connectivity index (χ0n) is 13.2. The number of fused-ring (bicyclic) bond motifs is 1. The highest BCUT2D eigenvalue weighted by molar-refractivity contribution is 7.19. The number of aryl methyl sites for hydroxylation is 1. The average Bonchev–Trinajstić information content (AvgIpc) is 2.91. The highest BCUT2D eigenvalue weighted by atomic mass is 35.5. The normalized spacial score (nSPS) is 11.2. The number of halogens is 1. The highest BCUT2D eigenvalue weighted by Crippen LogP contribution is 2.41. The van der Waals surface area contributed by atoms with E-state index in [9.17, 15) is 10.2 Å². The van der Waals surface area contributed by atoms with Crippen molar-refractivity contribution in [1.82, 2.24) is 9.97 Å². The van der Waals surface area contributed by atoms with Crippen LogP contribution in [0.3, 0.4) is 0 Å². The maximum absolute atomic E-state index is 9.34. The lowest BCUT2D eigenvalue weighted by Crippen LogP contribution is -2.30. The van der Waals surface area contributed by atoms with Gasteiger partial charge in [-0.3, -0.25) is 0 Å². The molecule has 0 spiro atoms. The van der Waals surface area contributed by atoms with Gasteiger partial charge in [0.2, 0.25) is 0 Å². The van der Waals surface area contributed by atoms with Crippen LogP contribution in [0.15, 0.2) is 30.6 Å². The smallest absolute Gasteiger partial charge is 0.141 e. The number of aromatic nitrogens is 2. The molecule has 0 fully saturated rings. The second kappa shape index (κ2) is 7.44. The molecule has 2 aromatic heterocycles. The van der Waals surface area contributed by atoms with Crippen molar-refractivity contribution in [3.63, 3.8) is 0 Å². The predicted molar refractivity (Wildman–Crippen MR) is 99.0 cm³/mol. The molecule has 24 heavy (non-hydrogen) atoms. The van der Waals surface area contributed by atoms with Gasteiger partial charge in [-0.1, -0.05) is 23.7 Å². The minimum atomic E-state index is -0.00903. The zero-order chi connectivity index (χ0) is 17.1. The molecule has 2 heterocycles. The van der Waals surface area contributed by atoms with Gasteiger partial charge in [0.1, 0.15) is 17.0 Å². The molecule has 1 aromatic carbocycles. The SMILES string of the molecule is Cc1sc2ncnc(N(CCO)CCO)c2c1-c1ccc(Cl)cc1. The predicted octanol–water partition coefficient (Wildman–Crippen LogP) is 3.11. The Morgan fingerprint density at radius 1 is 1.08 bits per heavy atom. The molecule has 3 aromatic rings. The van der Waals surface area contributed by atoms with Crippen LogP contribution >= 0.6 is 22.9 Å². The minimum absolute atomic E-state index is 0.00903. The quantitative estimate of drug-likeness (QED) is 0.704. The Morgan fingerprint density at radius 3 is 2.38 bits per heavy atom. The van der Waals surface area contributed by atoms with E-state index in [1.807, 2.05) is 29.2 Å². The number of rotatable bonds is 6. The van der Waals surface area contributed by atoms with E-state index in [4.69, 9.17) is 11.6 Å². The van der Waals surface area contributed by atoms with E-state index in [1.54, 1.807) is 11.3 Å². The number of thiophene rings is 1. The van der Waals surface area contributed by atoms with Crippen molar-refractivity contribution >= 4 is 39.0 Å². The van der Waals surface area contributed by atoms with Gasteiger partial charge in [0.05, 0.1) is 18.6 Å². The Balaban J connectivity index is 2.22. The molecule has 0 atom stereocenters.